The number of halogens is 1. The van der Waals surface area contributed by atoms with Crippen molar-refractivity contribution in [2.24, 2.45) is 0 Å². The minimum absolute atomic E-state index is 0.0193. The Bertz CT molecular complexity index is 1280. The van der Waals surface area contributed by atoms with Gasteiger partial charge in [0.2, 0.25) is 5.76 Å². The van der Waals surface area contributed by atoms with E-state index in [1.807, 2.05) is 0 Å². The Kier molecular flexibility index (Phi) is 6.49. The van der Waals surface area contributed by atoms with E-state index in [9.17, 15) is 19.7 Å². The zero-order chi connectivity index (χ0) is 23.7. The maximum atomic E-state index is 13.5. The Morgan fingerprint density at radius 2 is 1.91 bits per heavy atom. The van der Waals surface area contributed by atoms with Crippen molar-refractivity contribution in [3.8, 4) is 0 Å². The molecule has 1 atom stereocenters. The minimum Gasteiger partial charge on any atom is -0.450 e. The lowest BCUT2D eigenvalue weighted by molar-refractivity contribution is -0.384. The lowest BCUT2D eigenvalue weighted by Gasteiger charge is -2.26. The van der Waals surface area contributed by atoms with Crippen molar-refractivity contribution in [2.45, 2.75) is 26.3 Å². The molecule has 8 nitrogen and oxygen atoms in total. The van der Waals surface area contributed by atoms with Crippen LogP contribution >= 0.6 is 11.6 Å². The molecule has 2 aromatic carbocycles. The maximum absolute atomic E-state index is 13.5. The number of fused-ring (bicyclic) bond motifs is 2. The first-order chi connectivity index (χ1) is 15.8. The average molecular weight is 470 g/mol. The fourth-order valence-corrected chi connectivity index (χ4v) is 4.55. The molecule has 172 valence electrons. The van der Waals surface area contributed by atoms with E-state index in [2.05, 4.69) is 18.7 Å². The molecule has 1 aliphatic heterocycles. The molecule has 0 fully saturated rings. The summed E-state index contributed by atoms with van der Waals surface area (Å²) in [6.45, 7) is 7.10. The van der Waals surface area contributed by atoms with Gasteiger partial charge in [0.15, 0.2) is 5.43 Å². The van der Waals surface area contributed by atoms with E-state index in [0.29, 0.717) is 23.6 Å². The molecule has 33 heavy (non-hydrogen) atoms. The second-order valence-corrected chi connectivity index (χ2v) is 8.38. The van der Waals surface area contributed by atoms with Gasteiger partial charge in [-0.05, 0) is 49.8 Å². The maximum Gasteiger partial charge on any atom is 0.290 e. The van der Waals surface area contributed by atoms with Crippen molar-refractivity contribution in [1.29, 1.82) is 0 Å². The first-order valence-electron chi connectivity index (χ1n) is 10.9. The lowest BCUT2D eigenvalue weighted by atomic mass is 9.98. The molecule has 0 N–H and O–H groups in total. The third kappa shape index (κ3) is 4.24. The van der Waals surface area contributed by atoms with Gasteiger partial charge in [-0.15, -0.1) is 0 Å². The number of hydrogen-bond donors (Lipinski definition) is 0. The van der Waals surface area contributed by atoms with Crippen LogP contribution in [0, 0.1) is 10.1 Å². The van der Waals surface area contributed by atoms with E-state index in [1.54, 1.807) is 29.2 Å². The van der Waals surface area contributed by atoms with Crippen molar-refractivity contribution in [3.05, 3.63) is 84.7 Å². The lowest BCUT2D eigenvalue weighted by Crippen LogP contribution is -2.33. The molecular formula is C24H24ClN3O5. The molecule has 9 heteroatoms. The van der Waals surface area contributed by atoms with E-state index in [-0.39, 0.29) is 33.4 Å². The smallest absolute Gasteiger partial charge is 0.290 e. The number of carbonyl (C=O) groups is 1. The van der Waals surface area contributed by atoms with Crippen LogP contribution in [0.1, 0.15) is 48.0 Å². The highest BCUT2D eigenvalue weighted by Crippen LogP contribution is 2.39. The van der Waals surface area contributed by atoms with Gasteiger partial charge in [0.25, 0.3) is 11.6 Å². The summed E-state index contributed by atoms with van der Waals surface area (Å²) in [7, 11) is 0. The molecule has 0 saturated carbocycles. The molecule has 0 bridgehead atoms. The summed E-state index contributed by atoms with van der Waals surface area (Å²) in [5, 5.41) is 12.0. The summed E-state index contributed by atoms with van der Waals surface area (Å²) in [6.07, 6.45) is 0.687. The van der Waals surface area contributed by atoms with Gasteiger partial charge in [-0.1, -0.05) is 37.6 Å². The third-order valence-corrected chi connectivity index (χ3v) is 6.33. The molecule has 2 heterocycles. The highest BCUT2D eigenvalue weighted by atomic mass is 35.5. The largest absolute Gasteiger partial charge is 0.450 e. The Morgan fingerprint density at radius 1 is 1.15 bits per heavy atom. The second kappa shape index (κ2) is 9.33. The van der Waals surface area contributed by atoms with E-state index < -0.39 is 16.9 Å². The normalized spacial score (nSPS) is 15.5. The molecule has 0 radical (unpaired) electrons. The van der Waals surface area contributed by atoms with Crippen LogP contribution in [0.5, 0.6) is 0 Å². The Balaban J connectivity index is 1.84. The van der Waals surface area contributed by atoms with Crippen LogP contribution in [0.4, 0.5) is 5.69 Å². The standard InChI is InChI=1S/C24H24ClN3O5/c1-3-26(4-2)11-6-12-27-21(15-7-5-8-17(13-15)28(31)32)20-22(29)18-14-16(25)9-10-19(18)33-23(20)24(27)30/h5,7-10,13-14,21H,3-4,6,11-12H2,1-2H3/t21-/m0/s1. The summed E-state index contributed by atoms with van der Waals surface area (Å²) < 4.78 is 5.89. The zero-order valence-corrected chi connectivity index (χ0v) is 19.2. The molecular weight excluding hydrogens is 446 g/mol. The number of nitro groups is 1. The number of hydrogen-bond acceptors (Lipinski definition) is 6. The number of benzene rings is 2. The first-order valence-corrected chi connectivity index (χ1v) is 11.3. The van der Waals surface area contributed by atoms with Crippen molar-refractivity contribution in [2.75, 3.05) is 26.2 Å². The molecule has 1 aromatic heterocycles. The monoisotopic (exact) mass is 469 g/mol. The number of nitrogens with zero attached hydrogens (tertiary/aromatic N) is 3. The molecule has 1 aliphatic rings. The van der Waals surface area contributed by atoms with Crippen LogP contribution in [0.15, 0.2) is 51.7 Å². The Labute approximate surface area is 195 Å². The van der Waals surface area contributed by atoms with E-state index in [1.165, 1.54) is 18.2 Å². The predicted octanol–water partition coefficient (Wildman–Crippen LogP) is 4.63. The van der Waals surface area contributed by atoms with Crippen LogP contribution in [-0.2, 0) is 0 Å². The van der Waals surface area contributed by atoms with Gasteiger partial charge in [0, 0.05) is 23.7 Å². The number of rotatable bonds is 8. The Hall–Kier alpha value is -3.23. The van der Waals surface area contributed by atoms with Gasteiger partial charge in [0.1, 0.15) is 5.58 Å². The SMILES string of the molecule is CCN(CC)CCCN1C(=O)c2oc3ccc(Cl)cc3c(=O)c2[C@@H]1c1cccc([N+](=O)[O-])c1. The molecule has 3 aromatic rings. The van der Waals surface area contributed by atoms with Crippen LogP contribution in [0.2, 0.25) is 5.02 Å². The van der Waals surface area contributed by atoms with Crippen LogP contribution in [0.25, 0.3) is 11.0 Å². The van der Waals surface area contributed by atoms with Gasteiger partial charge in [0.05, 0.1) is 21.9 Å². The van der Waals surface area contributed by atoms with Crippen LogP contribution in [0.3, 0.4) is 0 Å². The number of nitro benzene ring substituents is 1. The summed E-state index contributed by atoms with van der Waals surface area (Å²) in [5.41, 5.74) is 0.500. The molecule has 1 amide bonds. The van der Waals surface area contributed by atoms with E-state index in [4.69, 9.17) is 16.0 Å². The van der Waals surface area contributed by atoms with Crippen LogP contribution < -0.4 is 5.43 Å². The van der Waals surface area contributed by atoms with Crippen LogP contribution in [-0.4, -0.2) is 46.8 Å². The van der Waals surface area contributed by atoms with Crippen molar-refractivity contribution < 1.29 is 14.1 Å². The minimum atomic E-state index is -0.774. The summed E-state index contributed by atoms with van der Waals surface area (Å²) in [4.78, 5) is 41.6. The van der Waals surface area contributed by atoms with Crippen molar-refractivity contribution in [3.63, 3.8) is 0 Å². The molecule has 0 unspecified atom stereocenters. The van der Waals surface area contributed by atoms with Gasteiger partial charge in [-0.2, -0.15) is 0 Å². The molecule has 0 saturated heterocycles. The van der Waals surface area contributed by atoms with Gasteiger partial charge in [-0.3, -0.25) is 19.7 Å². The van der Waals surface area contributed by atoms with Gasteiger partial charge in [-0.25, -0.2) is 0 Å². The topological polar surface area (TPSA) is 96.9 Å². The summed E-state index contributed by atoms with van der Waals surface area (Å²) >= 11 is 6.10. The predicted molar refractivity (Wildman–Crippen MR) is 126 cm³/mol. The summed E-state index contributed by atoms with van der Waals surface area (Å²) in [6, 6.07) is 9.95. The number of non-ortho nitro benzene ring substituents is 1. The van der Waals surface area contributed by atoms with E-state index in [0.717, 1.165) is 19.6 Å². The average Bonchev–Trinajstić information content (AvgIpc) is 3.09. The van der Waals surface area contributed by atoms with Crippen molar-refractivity contribution >= 4 is 34.2 Å². The zero-order valence-electron chi connectivity index (χ0n) is 18.4. The first kappa shape index (κ1) is 22.9. The quantitative estimate of drug-likeness (QED) is 0.352. The Morgan fingerprint density at radius 3 is 2.61 bits per heavy atom. The molecule has 0 aliphatic carbocycles. The fraction of sp³-hybridized carbons (Fsp3) is 0.333. The third-order valence-electron chi connectivity index (χ3n) is 6.09. The van der Waals surface area contributed by atoms with E-state index >= 15 is 0 Å². The molecule has 0 spiro atoms. The summed E-state index contributed by atoms with van der Waals surface area (Å²) in [5.74, 6) is -0.413. The fourth-order valence-electron chi connectivity index (χ4n) is 4.38. The second-order valence-electron chi connectivity index (χ2n) is 7.95. The number of carbonyl (C=O) groups excluding carboxylic acids is 1. The highest BCUT2D eigenvalue weighted by Gasteiger charge is 2.42. The highest BCUT2D eigenvalue weighted by molar-refractivity contribution is 6.31. The van der Waals surface area contributed by atoms with Gasteiger partial charge < -0.3 is 14.2 Å². The molecule has 4 rings (SSSR count). The number of amides is 1. The van der Waals surface area contributed by atoms with Gasteiger partial charge >= 0.3 is 0 Å². The van der Waals surface area contributed by atoms with Crippen molar-refractivity contribution in [1.82, 2.24) is 9.80 Å².